The first kappa shape index (κ1) is 17.4. The molecule has 2 aliphatic rings. The molecule has 2 aliphatic heterocycles. The Morgan fingerprint density at radius 3 is 2.48 bits per heavy atom. The van der Waals surface area contributed by atoms with Crippen LogP contribution in [0.25, 0.3) is 5.69 Å². The topological polar surface area (TPSA) is 93.7 Å². The van der Waals surface area contributed by atoms with Crippen molar-refractivity contribution < 1.29 is 14.4 Å². The molecule has 1 fully saturated rings. The SMILES string of the molecule is NC(=O)[C@@H]1c2nn(-c3ccccc3)cc2[C@@H]2CN1C(=O)N2OCc1ccccc1. The minimum atomic E-state index is -0.913. The van der Waals surface area contributed by atoms with Gasteiger partial charge in [0.1, 0.15) is 18.3 Å². The maximum atomic E-state index is 12.9. The van der Waals surface area contributed by atoms with Crippen LogP contribution in [0.1, 0.15) is 28.9 Å². The first-order valence-corrected chi connectivity index (χ1v) is 9.34. The van der Waals surface area contributed by atoms with Crippen molar-refractivity contribution >= 4 is 11.9 Å². The number of rotatable bonds is 5. The van der Waals surface area contributed by atoms with Gasteiger partial charge in [-0.1, -0.05) is 48.5 Å². The third-order valence-corrected chi connectivity index (χ3v) is 5.29. The molecule has 1 saturated heterocycles. The van der Waals surface area contributed by atoms with Gasteiger partial charge in [0.05, 0.1) is 12.2 Å². The number of carbonyl (C=O) groups excluding carboxylic acids is 2. The Balaban J connectivity index is 1.51. The first-order valence-electron chi connectivity index (χ1n) is 9.34. The summed E-state index contributed by atoms with van der Waals surface area (Å²) < 4.78 is 1.71. The molecule has 2 bridgehead atoms. The minimum Gasteiger partial charge on any atom is -0.368 e. The molecule has 146 valence electrons. The Morgan fingerprint density at radius 2 is 1.79 bits per heavy atom. The van der Waals surface area contributed by atoms with E-state index in [1.165, 1.54) is 9.96 Å². The van der Waals surface area contributed by atoms with Gasteiger partial charge in [0.25, 0.3) is 0 Å². The largest absolute Gasteiger partial charge is 0.368 e. The van der Waals surface area contributed by atoms with E-state index in [1.54, 1.807) is 4.68 Å². The Bertz CT molecular complexity index is 1070. The third-order valence-electron chi connectivity index (χ3n) is 5.29. The molecule has 29 heavy (non-hydrogen) atoms. The monoisotopic (exact) mass is 389 g/mol. The average molecular weight is 389 g/mol. The summed E-state index contributed by atoms with van der Waals surface area (Å²) >= 11 is 0. The van der Waals surface area contributed by atoms with E-state index < -0.39 is 11.9 Å². The normalized spacial score (nSPS) is 20.1. The zero-order valence-corrected chi connectivity index (χ0v) is 15.5. The van der Waals surface area contributed by atoms with Crippen molar-refractivity contribution in [1.82, 2.24) is 19.7 Å². The van der Waals surface area contributed by atoms with E-state index in [4.69, 9.17) is 10.6 Å². The van der Waals surface area contributed by atoms with Gasteiger partial charge < -0.3 is 10.6 Å². The number of carbonyl (C=O) groups is 2. The van der Waals surface area contributed by atoms with Gasteiger partial charge >= 0.3 is 6.03 Å². The highest BCUT2D eigenvalue weighted by molar-refractivity contribution is 5.89. The van der Waals surface area contributed by atoms with E-state index in [2.05, 4.69) is 5.10 Å². The molecule has 3 amide bonds. The molecule has 0 spiro atoms. The number of nitrogens with zero attached hydrogens (tertiary/aromatic N) is 4. The predicted molar refractivity (Wildman–Crippen MR) is 103 cm³/mol. The van der Waals surface area contributed by atoms with Crippen LogP contribution in [-0.4, -0.2) is 38.2 Å². The summed E-state index contributed by atoms with van der Waals surface area (Å²) in [4.78, 5) is 32.4. The van der Waals surface area contributed by atoms with Crippen molar-refractivity contribution in [3.05, 3.63) is 83.7 Å². The lowest BCUT2D eigenvalue weighted by molar-refractivity contribution is -0.141. The molecule has 0 aliphatic carbocycles. The van der Waals surface area contributed by atoms with Gasteiger partial charge in [-0.05, 0) is 17.7 Å². The number of para-hydroxylation sites is 1. The second-order valence-corrected chi connectivity index (χ2v) is 7.09. The summed E-state index contributed by atoms with van der Waals surface area (Å²) in [5.74, 6) is -0.610. The van der Waals surface area contributed by atoms with Crippen LogP contribution in [0.15, 0.2) is 66.9 Å². The fourth-order valence-electron chi connectivity index (χ4n) is 3.92. The van der Waals surface area contributed by atoms with E-state index in [0.717, 1.165) is 16.8 Å². The number of hydrogen-bond acceptors (Lipinski definition) is 4. The highest BCUT2D eigenvalue weighted by Gasteiger charge is 2.52. The molecule has 0 radical (unpaired) electrons. The van der Waals surface area contributed by atoms with Gasteiger partial charge in [-0.25, -0.2) is 9.48 Å². The van der Waals surface area contributed by atoms with Crippen molar-refractivity contribution in [2.75, 3.05) is 6.54 Å². The van der Waals surface area contributed by atoms with E-state index in [9.17, 15) is 9.59 Å². The smallest absolute Gasteiger partial charge is 0.345 e. The van der Waals surface area contributed by atoms with Crippen LogP contribution in [-0.2, 0) is 16.2 Å². The number of hydrogen-bond donors (Lipinski definition) is 1. The molecule has 1 aromatic heterocycles. The van der Waals surface area contributed by atoms with Crippen LogP contribution in [0.2, 0.25) is 0 Å². The third kappa shape index (κ3) is 2.85. The predicted octanol–water partition coefficient (Wildman–Crippen LogP) is 2.32. The Labute approximate surface area is 167 Å². The maximum absolute atomic E-state index is 12.9. The molecule has 3 heterocycles. The number of primary amides is 1. The number of fused-ring (bicyclic) bond motifs is 4. The van der Waals surface area contributed by atoms with Crippen LogP contribution < -0.4 is 5.73 Å². The molecule has 3 aromatic rings. The summed E-state index contributed by atoms with van der Waals surface area (Å²) in [5.41, 5.74) is 8.72. The van der Waals surface area contributed by atoms with Crippen LogP contribution in [0.4, 0.5) is 4.79 Å². The van der Waals surface area contributed by atoms with E-state index in [1.807, 2.05) is 66.9 Å². The van der Waals surface area contributed by atoms with E-state index in [0.29, 0.717) is 12.2 Å². The molecule has 8 heteroatoms. The van der Waals surface area contributed by atoms with Gasteiger partial charge in [0.15, 0.2) is 6.04 Å². The van der Waals surface area contributed by atoms with Gasteiger partial charge in [-0.3, -0.25) is 9.63 Å². The van der Waals surface area contributed by atoms with Gasteiger partial charge in [-0.2, -0.15) is 10.2 Å². The fraction of sp³-hybridized carbons (Fsp3) is 0.190. The molecule has 0 unspecified atom stereocenters. The quantitative estimate of drug-likeness (QED) is 0.725. The lowest BCUT2D eigenvalue weighted by Crippen LogP contribution is -2.41. The van der Waals surface area contributed by atoms with Crippen molar-refractivity contribution in [2.45, 2.75) is 18.7 Å². The van der Waals surface area contributed by atoms with Crippen molar-refractivity contribution in [3.63, 3.8) is 0 Å². The number of hydroxylamine groups is 2. The zero-order chi connectivity index (χ0) is 20.0. The van der Waals surface area contributed by atoms with Crippen LogP contribution in [0.3, 0.4) is 0 Å². The molecule has 2 N–H and O–H groups in total. The first-order chi connectivity index (χ1) is 14.1. The highest BCUT2D eigenvalue weighted by atomic mass is 16.7. The van der Waals surface area contributed by atoms with Gasteiger partial charge in [0, 0.05) is 11.8 Å². The highest BCUT2D eigenvalue weighted by Crippen LogP contribution is 2.43. The minimum absolute atomic E-state index is 0.250. The molecule has 2 atom stereocenters. The van der Waals surface area contributed by atoms with Crippen LogP contribution in [0.5, 0.6) is 0 Å². The Kier molecular flexibility index (Phi) is 4.06. The molecule has 5 rings (SSSR count). The van der Waals surface area contributed by atoms with Gasteiger partial charge in [0.2, 0.25) is 5.91 Å². The van der Waals surface area contributed by atoms with Crippen LogP contribution in [0, 0.1) is 0 Å². The maximum Gasteiger partial charge on any atom is 0.345 e. The van der Waals surface area contributed by atoms with Crippen molar-refractivity contribution in [1.29, 1.82) is 0 Å². The summed E-state index contributed by atoms with van der Waals surface area (Å²) in [5, 5.41) is 5.93. The summed E-state index contributed by atoms with van der Waals surface area (Å²) in [7, 11) is 0. The molecule has 2 aromatic carbocycles. The Morgan fingerprint density at radius 1 is 1.10 bits per heavy atom. The standard InChI is InChI=1S/C21H19N5O3/c22-20(27)19-18-16(11-25(23-18)15-9-5-2-6-10-15)17-12-24(19)21(28)26(17)29-13-14-7-3-1-4-8-14/h1-11,17,19H,12-13H2,(H2,22,27)/t17-,19-/m0/s1. The van der Waals surface area contributed by atoms with Gasteiger partial charge in [-0.15, -0.1) is 0 Å². The molecular formula is C21H19N5O3. The Hall–Kier alpha value is -3.65. The zero-order valence-electron chi connectivity index (χ0n) is 15.5. The van der Waals surface area contributed by atoms with Crippen LogP contribution >= 0.6 is 0 Å². The summed E-state index contributed by atoms with van der Waals surface area (Å²) in [6, 6.07) is 17.6. The fourth-order valence-corrected chi connectivity index (χ4v) is 3.92. The van der Waals surface area contributed by atoms with Crippen molar-refractivity contribution in [2.24, 2.45) is 5.73 Å². The van der Waals surface area contributed by atoms with E-state index >= 15 is 0 Å². The number of benzene rings is 2. The lowest BCUT2D eigenvalue weighted by Gasteiger charge is -2.26. The number of aromatic nitrogens is 2. The number of nitrogens with two attached hydrogens (primary N) is 1. The molecule has 0 saturated carbocycles. The van der Waals surface area contributed by atoms with Crippen molar-refractivity contribution in [3.8, 4) is 5.69 Å². The molecule has 8 nitrogen and oxygen atoms in total. The number of amides is 3. The summed E-state index contributed by atoms with van der Waals surface area (Å²) in [6.07, 6.45) is 1.85. The average Bonchev–Trinajstić information content (AvgIpc) is 3.30. The lowest BCUT2D eigenvalue weighted by atomic mass is 9.98. The summed E-state index contributed by atoms with van der Waals surface area (Å²) in [6.45, 7) is 0.578. The van der Waals surface area contributed by atoms with E-state index in [-0.39, 0.29) is 18.7 Å². The second kappa shape index (κ2) is 6.75. The second-order valence-electron chi connectivity index (χ2n) is 7.09. The number of urea groups is 1. The molecular weight excluding hydrogens is 370 g/mol.